The lowest BCUT2D eigenvalue weighted by atomic mass is 10.2. The number of hydrogen-bond donors (Lipinski definition) is 1. The fraction of sp³-hybridized carbons (Fsp3) is 0.625. The molecule has 0 aliphatic rings. The molecule has 20 heavy (non-hydrogen) atoms. The van der Waals surface area contributed by atoms with Crippen LogP contribution in [0, 0.1) is 0 Å². The van der Waals surface area contributed by atoms with E-state index in [0.29, 0.717) is 6.04 Å². The SMILES string of the molecule is COc1cc(OC)cc(OCCCCCNC(C)C)c1. The highest BCUT2D eigenvalue weighted by molar-refractivity contribution is 5.41. The molecule has 0 atom stereocenters. The standard InChI is InChI=1S/C16H27NO3/c1-13(2)17-8-6-5-7-9-20-16-11-14(18-3)10-15(12-16)19-4/h10-13,17H,5-9H2,1-4H3. The molecule has 0 aliphatic heterocycles. The van der Waals surface area contributed by atoms with Crippen LogP contribution in [0.4, 0.5) is 0 Å². The van der Waals surface area contributed by atoms with E-state index in [2.05, 4.69) is 19.2 Å². The molecule has 1 aromatic carbocycles. The Kier molecular flexibility index (Phi) is 7.88. The first-order valence-corrected chi connectivity index (χ1v) is 7.25. The Balaban J connectivity index is 2.24. The molecule has 0 aliphatic carbocycles. The lowest BCUT2D eigenvalue weighted by molar-refractivity contribution is 0.299. The monoisotopic (exact) mass is 281 g/mol. The Morgan fingerprint density at radius 2 is 1.50 bits per heavy atom. The van der Waals surface area contributed by atoms with Crippen LogP contribution in [-0.4, -0.2) is 33.4 Å². The number of rotatable bonds is 10. The smallest absolute Gasteiger partial charge is 0.126 e. The van der Waals surface area contributed by atoms with Gasteiger partial charge in [0.25, 0.3) is 0 Å². The van der Waals surface area contributed by atoms with Gasteiger partial charge in [0.05, 0.1) is 20.8 Å². The van der Waals surface area contributed by atoms with E-state index < -0.39 is 0 Å². The van der Waals surface area contributed by atoms with Crippen LogP contribution < -0.4 is 19.5 Å². The fourth-order valence-corrected chi connectivity index (χ4v) is 1.85. The summed E-state index contributed by atoms with van der Waals surface area (Å²) in [5.74, 6) is 2.29. The molecule has 0 radical (unpaired) electrons. The minimum absolute atomic E-state index is 0.565. The number of methoxy groups -OCH3 is 2. The number of hydrogen-bond acceptors (Lipinski definition) is 4. The number of ether oxygens (including phenoxy) is 3. The summed E-state index contributed by atoms with van der Waals surface area (Å²) >= 11 is 0. The molecule has 1 aromatic rings. The van der Waals surface area contributed by atoms with Gasteiger partial charge in [-0.05, 0) is 25.8 Å². The van der Waals surface area contributed by atoms with Gasteiger partial charge in [0.15, 0.2) is 0 Å². The van der Waals surface area contributed by atoms with Crippen molar-refractivity contribution in [1.82, 2.24) is 5.32 Å². The van der Waals surface area contributed by atoms with Crippen molar-refractivity contribution in [3.63, 3.8) is 0 Å². The van der Waals surface area contributed by atoms with E-state index in [1.54, 1.807) is 14.2 Å². The molecular weight excluding hydrogens is 254 g/mol. The Labute approximate surface area is 122 Å². The van der Waals surface area contributed by atoms with Crippen LogP contribution in [-0.2, 0) is 0 Å². The van der Waals surface area contributed by atoms with E-state index in [-0.39, 0.29) is 0 Å². The van der Waals surface area contributed by atoms with Gasteiger partial charge in [-0.1, -0.05) is 13.8 Å². The minimum Gasteiger partial charge on any atom is -0.496 e. The normalized spacial score (nSPS) is 10.7. The van der Waals surface area contributed by atoms with Crippen LogP contribution in [0.2, 0.25) is 0 Å². The second kappa shape index (κ2) is 9.48. The summed E-state index contributed by atoms with van der Waals surface area (Å²) in [5, 5.41) is 3.41. The van der Waals surface area contributed by atoms with Crippen molar-refractivity contribution in [3.8, 4) is 17.2 Å². The summed E-state index contributed by atoms with van der Waals surface area (Å²) in [5.41, 5.74) is 0. The van der Waals surface area contributed by atoms with Crippen LogP contribution in [0.3, 0.4) is 0 Å². The molecule has 1 rings (SSSR count). The van der Waals surface area contributed by atoms with Crippen molar-refractivity contribution in [2.24, 2.45) is 0 Å². The molecule has 0 aromatic heterocycles. The predicted molar refractivity (Wildman–Crippen MR) is 82.0 cm³/mol. The summed E-state index contributed by atoms with van der Waals surface area (Å²) in [4.78, 5) is 0. The second-order valence-electron chi connectivity index (χ2n) is 5.07. The lowest BCUT2D eigenvalue weighted by Gasteiger charge is -2.10. The molecule has 0 unspecified atom stereocenters. The van der Waals surface area contributed by atoms with Gasteiger partial charge >= 0.3 is 0 Å². The van der Waals surface area contributed by atoms with Crippen molar-refractivity contribution in [2.75, 3.05) is 27.4 Å². The molecular formula is C16H27NO3. The summed E-state index contributed by atoms with van der Waals surface area (Å²) in [6, 6.07) is 6.16. The van der Waals surface area contributed by atoms with Gasteiger partial charge < -0.3 is 19.5 Å². The van der Waals surface area contributed by atoms with Gasteiger partial charge in [-0.3, -0.25) is 0 Å². The molecule has 114 valence electrons. The Morgan fingerprint density at radius 1 is 0.900 bits per heavy atom. The molecule has 4 heteroatoms. The average Bonchev–Trinajstić information content (AvgIpc) is 2.45. The largest absolute Gasteiger partial charge is 0.496 e. The number of benzene rings is 1. The third kappa shape index (κ3) is 6.66. The molecule has 0 spiro atoms. The zero-order valence-electron chi connectivity index (χ0n) is 13.1. The average molecular weight is 281 g/mol. The van der Waals surface area contributed by atoms with Gasteiger partial charge in [-0.25, -0.2) is 0 Å². The molecule has 0 saturated heterocycles. The highest BCUT2D eigenvalue weighted by Crippen LogP contribution is 2.27. The fourth-order valence-electron chi connectivity index (χ4n) is 1.85. The van der Waals surface area contributed by atoms with E-state index >= 15 is 0 Å². The maximum Gasteiger partial charge on any atom is 0.126 e. The van der Waals surface area contributed by atoms with Crippen molar-refractivity contribution in [2.45, 2.75) is 39.2 Å². The first-order chi connectivity index (χ1) is 9.65. The van der Waals surface area contributed by atoms with Crippen LogP contribution in [0.1, 0.15) is 33.1 Å². The lowest BCUT2D eigenvalue weighted by Crippen LogP contribution is -2.23. The van der Waals surface area contributed by atoms with Gasteiger partial charge in [0.2, 0.25) is 0 Å². The number of nitrogens with one attached hydrogen (secondary N) is 1. The maximum absolute atomic E-state index is 5.74. The molecule has 0 fully saturated rings. The third-order valence-electron chi connectivity index (χ3n) is 2.97. The molecule has 1 N–H and O–H groups in total. The van der Waals surface area contributed by atoms with Crippen LogP contribution in [0.5, 0.6) is 17.2 Å². The second-order valence-corrected chi connectivity index (χ2v) is 5.07. The number of unbranched alkanes of at least 4 members (excludes halogenated alkanes) is 2. The van der Waals surface area contributed by atoms with Crippen LogP contribution in [0.15, 0.2) is 18.2 Å². The maximum atomic E-state index is 5.74. The molecule has 0 heterocycles. The van der Waals surface area contributed by atoms with Crippen molar-refractivity contribution in [1.29, 1.82) is 0 Å². The third-order valence-corrected chi connectivity index (χ3v) is 2.97. The van der Waals surface area contributed by atoms with E-state index in [1.165, 1.54) is 12.8 Å². The minimum atomic E-state index is 0.565. The van der Waals surface area contributed by atoms with Crippen molar-refractivity contribution in [3.05, 3.63) is 18.2 Å². The summed E-state index contributed by atoms with van der Waals surface area (Å²) in [7, 11) is 3.28. The molecule has 0 amide bonds. The quantitative estimate of drug-likeness (QED) is 0.668. The van der Waals surface area contributed by atoms with Gasteiger partial charge in [-0.15, -0.1) is 0 Å². The van der Waals surface area contributed by atoms with E-state index in [9.17, 15) is 0 Å². The summed E-state index contributed by atoms with van der Waals surface area (Å²) in [6.07, 6.45) is 3.41. The van der Waals surface area contributed by atoms with Gasteiger partial charge in [0.1, 0.15) is 17.2 Å². The van der Waals surface area contributed by atoms with Crippen molar-refractivity contribution >= 4 is 0 Å². The summed E-state index contributed by atoms with van der Waals surface area (Å²) in [6.45, 7) is 6.13. The zero-order chi connectivity index (χ0) is 14.8. The zero-order valence-corrected chi connectivity index (χ0v) is 13.1. The van der Waals surface area contributed by atoms with E-state index in [0.717, 1.165) is 36.8 Å². The molecule has 4 nitrogen and oxygen atoms in total. The Bertz CT molecular complexity index is 358. The highest BCUT2D eigenvalue weighted by Gasteiger charge is 2.02. The van der Waals surface area contributed by atoms with Crippen LogP contribution >= 0.6 is 0 Å². The van der Waals surface area contributed by atoms with E-state index in [1.807, 2.05) is 18.2 Å². The molecule has 0 saturated carbocycles. The summed E-state index contributed by atoms with van der Waals surface area (Å²) < 4.78 is 16.2. The molecule has 0 bridgehead atoms. The van der Waals surface area contributed by atoms with Gasteiger partial charge in [-0.2, -0.15) is 0 Å². The first-order valence-electron chi connectivity index (χ1n) is 7.25. The first kappa shape index (κ1) is 16.6. The Morgan fingerprint density at radius 3 is 2.05 bits per heavy atom. The predicted octanol–water partition coefficient (Wildman–Crippen LogP) is 3.25. The van der Waals surface area contributed by atoms with E-state index in [4.69, 9.17) is 14.2 Å². The van der Waals surface area contributed by atoms with Crippen molar-refractivity contribution < 1.29 is 14.2 Å². The van der Waals surface area contributed by atoms with Crippen LogP contribution in [0.25, 0.3) is 0 Å². The van der Waals surface area contributed by atoms with Gasteiger partial charge in [0, 0.05) is 24.2 Å². The highest BCUT2D eigenvalue weighted by atomic mass is 16.5. The Hall–Kier alpha value is -1.42. The topological polar surface area (TPSA) is 39.7 Å².